The number of nitrogens with one attached hydrogen (secondary N) is 1. The molecule has 4 nitrogen and oxygen atoms in total. The van der Waals surface area contributed by atoms with Crippen LogP contribution in [-0.4, -0.2) is 42.0 Å². The van der Waals surface area contributed by atoms with Crippen LogP contribution in [-0.2, 0) is 11.2 Å². The van der Waals surface area contributed by atoms with Gasteiger partial charge in [0, 0.05) is 18.6 Å². The third kappa shape index (κ3) is 2.86. The van der Waals surface area contributed by atoms with Gasteiger partial charge >= 0.3 is 0 Å². The van der Waals surface area contributed by atoms with Gasteiger partial charge in [-0.25, -0.2) is 0 Å². The van der Waals surface area contributed by atoms with Gasteiger partial charge in [-0.3, -0.25) is 9.69 Å². The first-order valence-corrected chi connectivity index (χ1v) is 7.58. The monoisotopic (exact) mass is 273 g/mol. The first-order valence-electron chi connectivity index (χ1n) is 7.58. The average molecular weight is 273 g/mol. The average Bonchev–Trinajstić information content (AvgIpc) is 3.05. The Morgan fingerprint density at radius 2 is 2.10 bits per heavy atom. The highest BCUT2D eigenvalue weighted by molar-refractivity contribution is 5.82. The van der Waals surface area contributed by atoms with E-state index >= 15 is 0 Å². The minimum atomic E-state index is -0.451. The van der Waals surface area contributed by atoms with Crippen molar-refractivity contribution < 1.29 is 4.79 Å². The number of fused-ring (bicyclic) bond motifs is 1. The van der Waals surface area contributed by atoms with E-state index in [4.69, 9.17) is 5.73 Å². The molecule has 2 aliphatic heterocycles. The van der Waals surface area contributed by atoms with E-state index in [9.17, 15) is 4.79 Å². The number of carbonyl (C=O) groups is 1. The van der Waals surface area contributed by atoms with Crippen molar-refractivity contribution in [3.8, 4) is 0 Å². The van der Waals surface area contributed by atoms with Crippen LogP contribution in [0, 0.1) is 0 Å². The van der Waals surface area contributed by atoms with Crippen molar-refractivity contribution in [3.05, 3.63) is 35.9 Å². The van der Waals surface area contributed by atoms with Crippen molar-refractivity contribution in [1.29, 1.82) is 0 Å². The number of carbonyl (C=O) groups excluding carboxylic acids is 1. The fourth-order valence-electron chi connectivity index (χ4n) is 3.50. The van der Waals surface area contributed by atoms with E-state index in [0.717, 1.165) is 18.5 Å². The third-order valence-electron chi connectivity index (χ3n) is 4.57. The second-order valence-electron chi connectivity index (χ2n) is 5.95. The lowest BCUT2D eigenvalue weighted by molar-refractivity contribution is -0.123. The number of hydrogen-bond donors (Lipinski definition) is 2. The Balaban J connectivity index is 1.54. The molecule has 0 spiro atoms. The van der Waals surface area contributed by atoms with Crippen LogP contribution in [0.1, 0.15) is 24.8 Å². The fraction of sp³-hybridized carbons (Fsp3) is 0.562. The minimum Gasteiger partial charge on any atom is -0.350 e. The van der Waals surface area contributed by atoms with Gasteiger partial charge in [0.1, 0.15) is 0 Å². The molecule has 1 amide bonds. The summed E-state index contributed by atoms with van der Waals surface area (Å²) in [5, 5.41) is 3.16. The first kappa shape index (κ1) is 13.6. The molecular weight excluding hydrogens is 250 g/mol. The lowest BCUT2D eigenvalue weighted by Crippen LogP contribution is -2.49. The van der Waals surface area contributed by atoms with Gasteiger partial charge in [-0.05, 0) is 37.8 Å². The van der Waals surface area contributed by atoms with Gasteiger partial charge in [0.2, 0.25) is 5.91 Å². The maximum Gasteiger partial charge on any atom is 0.237 e. The highest BCUT2D eigenvalue weighted by atomic mass is 16.2. The van der Waals surface area contributed by atoms with Crippen LogP contribution in [0.25, 0.3) is 0 Å². The van der Waals surface area contributed by atoms with Crippen LogP contribution in [0.3, 0.4) is 0 Å². The Labute approximate surface area is 120 Å². The van der Waals surface area contributed by atoms with Gasteiger partial charge in [0.25, 0.3) is 0 Å². The van der Waals surface area contributed by atoms with E-state index in [0.29, 0.717) is 18.5 Å². The van der Waals surface area contributed by atoms with Crippen LogP contribution in [0.5, 0.6) is 0 Å². The topological polar surface area (TPSA) is 58.4 Å². The summed E-state index contributed by atoms with van der Waals surface area (Å²) in [4.78, 5) is 14.7. The predicted octanol–water partition coefficient (Wildman–Crippen LogP) is 0.909. The van der Waals surface area contributed by atoms with Crippen molar-refractivity contribution in [3.63, 3.8) is 0 Å². The summed E-state index contributed by atoms with van der Waals surface area (Å²) >= 11 is 0. The molecule has 3 atom stereocenters. The molecule has 0 aromatic heterocycles. The fourth-order valence-corrected chi connectivity index (χ4v) is 3.50. The molecule has 0 bridgehead atoms. The van der Waals surface area contributed by atoms with Crippen LogP contribution in [0.15, 0.2) is 30.3 Å². The molecule has 20 heavy (non-hydrogen) atoms. The standard InChI is InChI=1S/C16H23N3O/c17-13(11-12-5-2-1-3-6-12)16(20)18-14-8-10-19-9-4-7-15(14)19/h1-3,5-6,13-15H,4,7-11,17H2,(H,18,20)/t13-,14?,15?/m1/s1. The van der Waals surface area contributed by atoms with Crippen LogP contribution in [0.2, 0.25) is 0 Å². The molecule has 2 heterocycles. The van der Waals surface area contributed by atoms with E-state index in [1.54, 1.807) is 0 Å². The highest BCUT2D eigenvalue weighted by Gasteiger charge is 2.38. The Morgan fingerprint density at radius 1 is 1.30 bits per heavy atom. The Hall–Kier alpha value is -1.39. The molecule has 0 radical (unpaired) electrons. The lowest BCUT2D eigenvalue weighted by atomic mass is 10.0. The first-order chi connectivity index (χ1) is 9.74. The molecule has 0 saturated carbocycles. The van der Waals surface area contributed by atoms with E-state index in [2.05, 4.69) is 10.2 Å². The zero-order valence-electron chi connectivity index (χ0n) is 11.8. The summed E-state index contributed by atoms with van der Waals surface area (Å²) in [5.74, 6) is -0.00685. The largest absolute Gasteiger partial charge is 0.350 e. The SMILES string of the molecule is N[C@H](Cc1ccccc1)C(=O)NC1CCN2CCCC12. The second-order valence-corrected chi connectivity index (χ2v) is 5.95. The van der Waals surface area contributed by atoms with Gasteiger partial charge < -0.3 is 11.1 Å². The molecule has 3 N–H and O–H groups in total. The van der Waals surface area contributed by atoms with Crippen LogP contribution >= 0.6 is 0 Å². The molecule has 3 rings (SSSR count). The van der Waals surface area contributed by atoms with Crippen molar-refractivity contribution in [2.45, 2.75) is 43.8 Å². The minimum absolute atomic E-state index is 0.00685. The zero-order valence-corrected chi connectivity index (χ0v) is 11.8. The van der Waals surface area contributed by atoms with Crippen molar-refractivity contribution in [2.75, 3.05) is 13.1 Å². The highest BCUT2D eigenvalue weighted by Crippen LogP contribution is 2.27. The molecule has 2 fully saturated rings. The number of hydrogen-bond acceptors (Lipinski definition) is 3. The maximum atomic E-state index is 12.2. The van der Waals surface area contributed by atoms with Crippen molar-refractivity contribution >= 4 is 5.91 Å². The molecule has 108 valence electrons. The summed E-state index contributed by atoms with van der Waals surface area (Å²) in [6, 6.07) is 10.4. The molecule has 2 aliphatic rings. The number of nitrogens with two attached hydrogens (primary N) is 1. The maximum absolute atomic E-state index is 12.2. The second kappa shape index (κ2) is 5.94. The Kier molecular flexibility index (Phi) is 4.03. The normalized spacial score (nSPS) is 27.2. The summed E-state index contributed by atoms with van der Waals surface area (Å²) < 4.78 is 0. The van der Waals surface area contributed by atoms with Crippen molar-refractivity contribution in [1.82, 2.24) is 10.2 Å². The quantitative estimate of drug-likeness (QED) is 0.857. The lowest BCUT2D eigenvalue weighted by Gasteiger charge is -2.23. The number of nitrogens with zero attached hydrogens (tertiary/aromatic N) is 1. The molecule has 2 unspecified atom stereocenters. The van der Waals surface area contributed by atoms with Crippen LogP contribution in [0.4, 0.5) is 0 Å². The van der Waals surface area contributed by atoms with Gasteiger partial charge in [0.15, 0.2) is 0 Å². The van der Waals surface area contributed by atoms with E-state index < -0.39 is 6.04 Å². The Bertz CT molecular complexity index is 462. The van der Waals surface area contributed by atoms with Crippen molar-refractivity contribution in [2.24, 2.45) is 5.73 Å². The molecule has 0 aliphatic carbocycles. The number of amides is 1. The van der Waals surface area contributed by atoms with E-state index in [1.165, 1.54) is 19.4 Å². The number of rotatable bonds is 4. The smallest absolute Gasteiger partial charge is 0.237 e. The molecule has 2 saturated heterocycles. The Morgan fingerprint density at radius 3 is 2.90 bits per heavy atom. The molecular formula is C16H23N3O. The summed E-state index contributed by atoms with van der Waals surface area (Å²) in [6.07, 6.45) is 4.13. The van der Waals surface area contributed by atoms with Gasteiger partial charge in [-0.2, -0.15) is 0 Å². The summed E-state index contributed by atoms with van der Waals surface area (Å²) in [5.41, 5.74) is 7.15. The predicted molar refractivity (Wildman–Crippen MR) is 79.3 cm³/mol. The van der Waals surface area contributed by atoms with Gasteiger partial charge in [-0.15, -0.1) is 0 Å². The van der Waals surface area contributed by atoms with Gasteiger partial charge in [-0.1, -0.05) is 30.3 Å². The van der Waals surface area contributed by atoms with E-state index in [1.807, 2.05) is 30.3 Å². The van der Waals surface area contributed by atoms with Gasteiger partial charge in [0.05, 0.1) is 6.04 Å². The van der Waals surface area contributed by atoms with Crippen LogP contribution < -0.4 is 11.1 Å². The number of benzene rings is 1. The summed E-state index contributed by atoms with van der Waals surface area (Å²) in [7, 11) is 0. The zero-order chi connectivity index (χ0) is 13.9. The third-order valence-corrected chi connectivity index (χ3v) is 4.57. The van der Waals surface area contributed by atoms with E-state index in [-0.39, 0.29) is 5.91 Å². The molecule has 4 heteroatoms. The summed E-state index contributed by atoms with van der Waals surface area (Å²) in [6.45, 7) is 2.30. The molecule has 1 aromatic rings. The molecule has 1 aromatic carbocycles.